The van der Waals surface area contributed by atoms with Gasteiger partial charge in [0.2, 0.25) is 0 Å². The predicted molar refractivity (Wildman–Crippen MR) is 71.1 cm³/mol. The van der Waals surface area contributed by atoms with Crippen LogP contribution in [0.3, 0.4) is 0 Å². The van der Waals surface area contributed by atoms with Crippen molar-refractivity contribution in [1.29, 1.82) is 0 Å². The highest BCUT2D eigenvalue weighted by atomic mass is 79.9. The summed E-state index contributed by atoms with van der Waals surface area (Å²) in [5.41, 5.74) is -0.234. The van der Waals surface area contributed by atoms with E-state index in [1.807, 2.05) is 0 Å². The van der Waals surface area contributed by atoms with Gasteiger partial charge >= 0.3 is 0 Å². The van der Waals surface area contributed by atoms with E-state index in [0.29, 0.717) is 11.2 Å². The van der Waals surface area contributed by atoms with Crippen LogP contribution in [0, 0.1) is 0 Å². The van der Waals surface area contributed by atoms with E-state index in [4.69, 9.17) is 4.74 Å². The summed E-state index contributed by atoms with van der Waals surface area (Å²) in [6.45, 7) is 0.817. The van der Waals surface area contributed by atoms with E-state index >= 15 is 0 Å². The Labute approximate surface area is 110 Å². The van der Waals surface area contributed by atoms with Crippen molar-refractivity contribution in [1.82, 2.24) is 9.78 Å². The molecule has 0 bridgehead atoms. The van der Waals surface area contributed by atoms with Crippen LogP contribution >= 0.6 is 26.0 Å². The van der Waals surface area contributed by atoms with Gasteiger partial charge in [0.25, 0.3) is 6.43 Å². The van der Waals surface area contributed by atoms with Gasteiger partial charge in [-0.15, -0.1) is 0 Å². The van der Waals surface area contributed by atoms with Crippen LogP contribution in [0.5, 0.6) is 0 Å². The summed E-state index contributed by atoms with van der Waals surface area (Å²) >= 11 is 3.17. The summed E-state index contributed by atoms with van der Waals surface area (Å²) in [6.07, 6.45) is 4.06. The number of nitrogens with zero attached hydrogens (tertiary/aromatic N) is 2. The molecule has 0 amide bonds. The first-order valence-corrected chi connectivity index (χ1v) is 8.87. The molecule has 0 aromatic carbocycles. The van der Waals surface area contributed by atoms with Crippen molar-refractivity contribution in [2.45, 2.75) is 13.2 Å². The van der Waals surface area contributed by atoms with Gasteiger partial charge in [-0.1, -0.05) is 0 Å². The Morgan fingerprint density at radius 1 is 1.47 bits per heavy atom. The second-order valence-corrected chi connectivity index (χ2v) is 9.93. The molecule has 0 unspecified atom stereocenters. The van der Waals surface area contributed by atoms with E-state index in [1.54, 1.807) is 0 Å². The number of hydrogen-bond donors (Lipinski definition) is 0. The van der Waals surface area contributed by atoms with Crippen LogP contribution in [0.15, 0.2) is 10.7 Å². The van der Waals surface area contributed by atoms with Crippen LogP contribution in [-0.4, -0.2) is 40.9 Å². The highest BCUT2D eigenvalue weighted by Gasteiger charge is 2.14. The number of hydrogen-bond acceptors (Lipinski definition) is 2. The Kier molecular flexibility index (Phi) is 5.40. The van der Waals surface area contributed by atoms with E-state index in [9.17, 15) is 8.78 Å². The van der Waals surface area contributed by atoms with E-state index in [2.05, 4.69) is 39.8 Å². The van der Waals surface area contributed by atoms with E-state index < -0.39 is 16.5 Å². The Hall–Kier alpha value is -0.140. The fraction of sp³-hybridized carbons (Fsp3) is 0.700. The maximum atomic E-state index is 12.4. The SMILES string of the molecule is CS(C)(C)CCOCn1nc(C(F)F)cc1Br. The molecule has 0 fully saturated rings. The lowest BCUT2D eigenvalue weighted by Crippen LogP contribution is -2.11. The van der Waals surface area contributed by atoms with Crippen LogP contribution in [0.1, 0.15) is 12.1 Å². The Balaban J connectivity index is 2.42. The molecule has 0 spiro atoms. The molecule has 0 radical (unpaired) electrons. The molecule has 100 valence electrons. The summed E-state index contributed by atoms with van der Waals surface area (Å²) in [6, 6.07) is 1.31. The van der Waals surface area contributed by atoms with E-state index in [0.717, 1.165) is 5.75 Å². The van der Waals surface area contributed by atoms with Crippen LogP contribution in [-0.2, 0) is 11.5 Å². The molecule has 1 aromatic rings. The molecule has 0 atom stereocenters. The van der Waals surface area contributed by atoms with Crippen LogP contribution in [0.4, 0.5) is 8.78 Å². The summed E-state index contributed by atoms with van der Waals surface area (Å²) < 4.78 is 32.1. The Morgan fingerprint density at radius 3 is 2.59 bits per heavy atom. The molecule has 0 saturated heterocycles. The second-order valence-electron chi connectivity index (χ2n) is 4.52. The first-order valence-electron chi connectivity index (χ1n) is 5.05. The highest BCUT2D eigenvalue weighted by Crippen LogP contribution is 2.33. The van der Waals surface area contributed by atoms with Gasteiger partial charge in [0.1, 0.15) is 17.0 Å². The smallest absolute Gasteiger partial charge is 0.282 e. The molecule has 1 aromatic heterocycles. The molecular weight excluding hydrogens is 314 g/mol. The van der Waals surface area contributed by atoms with Gasteiger partial charge in [-0.05, 0) is 40.8 Å². The molecular formula is C10H17BrF2N2OS. The lowest BCUT2D eigenvalue weighted by atomic mass is 10.5. The van der Waals surface area contributed by atoms with Crippen molar-refractivity contribution in [3.63, 3.8) is 0 Å². The van der Waals surface area contributed by atoms with Gasteiger partial charge < -0.3 is 4.74 Å². The van der Waals surface area contributed by atoms with Crippen LogP contribution in [0.2, 0.25) is 0 Å². The van der Waals surface area contributed by atoms with Gasteiger partial charge in [0.15, 0.2) is 0 Å². The van der Waals surface area contributed by atoms with Gasteiger partial charge in [-0.2, -0.15) is 5.10 Å². The molecule has 0 aliphatic heterocycles. The third kappa shape index (κ3) is 5.35. The number of aromatic nitrogens is 2. The number of ether oxygens (including phenoxy) is 1. The van der Waals surface area contributed by atoms with Gasteiger partial charge in [-0.3, -0.25) is 0 Å². The van der Waals surface area contributed by atoms with E-state index in [1.165, 1.54) is 10.7 Å². The topological polar surface area (TPSA) is 27.1 Å². The normalized spacial score (nSPS) is 13.4. The molecule has 1 heterocycles. The third-order valence-electron chi connectivity index (χ3n) is 2.03. The van der Waals surface area contributed by atoms with Gasteiger partial charge in [0, 0.05) is 5.75 Å². The van der Waals surface area contributed by atoms with Crippen molar-refractivity contribution < 1.29 is 13.5 Å². The van der Waals surface area contributed by atoms with Crippen LogP contribution in [0.25, 0.3) is 0 Å². The van der Waals surface area contributed by atoms with Gasteiger partial charge in [-0.25, -0.2) is 23.5 Å². The number of alkyl halides is 2. The van der Waals surface area contributed by atoms with Crippen molar-refractivity contribution in [3.8, 4) is 0 Å². The minimum absolute atomic E-state index is 0.197. The molecule has 1 rings (SSSR count). The minimum atomic E-state index is -2.55. The zero-order valence-corrected chi connectivity index (χ0v) is 12.5. The third-order valence-corrected chi connectivity index (χ3v) is 4.06. The quantitative estimate of drug-likeness (QED) is 0.748. The Bertz CT molecular complexity index is 366. The fourth-order valence-electron chi connectivity index (χ4n) is 1.07. The lowest BCUT2D eigenvalue weighted by molar-refractivity contribution is 0.0767. The molecule has 0 N–H and O–H groups in total. The number of rotatable bonds is 6. The monoisotopic (exact) mass is 330 g/mol. The van der Waals surface area contributed by atoms with Crippen molar-refractivity contribution in [3.05, 3.63) is 16.4 Å². The first kappa shape index (κ1) is 14.9. The summed E-state index contributed by atoms with van der Waals surface area (Å²) in [7, 11) is -0.583. The van der Waals surface area contributed by atoms with Crippen LogP contribution < -0.4 is 0 Å². The van der Waals surface area contributed by atoms with Crippen molar-refractivity contribution >= 4 is 26.0 Å². The standard InChI is InChI=1S/C10H17BrF2N2OS/c1-17(2,3)5-4-16-7-15-9(11)6-8(14-15)10(12)13/h6,10H,4-5,7H2,1-3H3. The zero-order chi connectivity index (χ0) is 13.1. The molecule has 7 heteroatoms. The van der Waals surface area contributed by atoms with E-state index in [-0.39, 0.29) is 12.4 Å². The Morgan fingerprint density at radius 2 is 2.12 bits per heavy atom. The first-order chi connectivity index (χ1) is 7.79. The molecule has 0 saturated carbocycles. The largest absolute Gasteiger partial charge is 0.358 e. The summed E-state index contributed by atoms with van der Waals surface area (Å²) in [5, 5.41) is 3.74. The average molecular weight is 331 g/mol. The van der Waals surface area contributed by atoms with Crippen molar-refractivity contribution in [2.75, 3.05) is 31.1 Å². The zero-order valence-electron chi connectivity index (χ0n) is 10.1. The predicted octanol–water partition coefficient (Wildman–Crippen LogP) is 3.25. The highest BCUT2D eigenvalue weighted by molar-refractivity contribution is 9.10. The molecule has 17 heavy (non-hydrogen) atoms. The molecule has 3 nitrogen and oxygen atoms in total. The fourth-order valence-corrected chi connectivity index (χ4v) is 2.10. The second kappa shape index (κ2) is 6.15. The molecule has 0 aliphatic carbocycles. The average Bonchev–Trinajstić information content (AvgIpc) is 2.54. The number of halogens is 3. The summed E-state index contributed by atoms with van der Waals surface area (Å²) in [5.74, 6) is 0.994. The maximum absolute atomic E-state index is 12.4. The summed E-state index contributed by atoms with van der Waals surface area (Å²) in [4.78, 5) is 0. The minimum Gasteiger partial charge on any atom is -0.358 e. The maximum Gasteiger partial charge on any atom is 0.282 e. The van der Waals surface area contributed by atoms with Gasteiger partial charge in [0.05, 0.1) is 6.61 Å². The molecule has 0 aliphatic rings. The van der Waals surface area contributed by atoms with Crippen molar-refractivity contribution in [2.24, 2.45) is 0 Å². The lowest BCUT2D eigenvalue weighted by Gasteiger charge is -2.24.